The first-order chi connectivity index (χ1) is 14.1. The number of hydrogen-bond acceptors (Lipinski definition) is 10. The van der Waals surface area contributed by atoms with Gasteiger partial charge in [-0.1, -0.05) is 54.4 Å². The van der Waals surface area contributed by atoms with Gasteiger partial charge < -0.3 is 28.4 Å². The molecule has 0 radical (unpaired) electrons. The summed E-state index contributed by atoms with van der Waals surface area (Å²) in [5.74, 6) is 0.397. The molecule has 0 unspecified atom stereocenters. The lowest BCUT2D eigenvalue weighted by Gasteiger charge is -2.08. The lowest BCUT2D eigenvalue weighted by atomic mass is 10.2. The molecule has 0 saturated carbocycles. The maximum atomic E-state index is 10.9. The number of carbonyl (C=O) groups excluding carboxylic acids is 4. The standard InChI is InChI=1S/2C10H18O5/c1-7(2)5-13-9(11)15-10(12)14-6-8(3)4;1-3-5-7-13-9(11)15-10(12)14-8-6-4-2/h7-8H,5-6H2,1-4H3;3-8H2,1-2H3. The lowest BCUT2D eigenvalue weighted by molar-refractivity contribution is 0.0277. The zero-order chi connectivity index (χ0) is 23.4. The van der Waals surface area contributed by atoms with Crippen molar-refractivity contribution in [3.8, 4) is 0 Å². The van der Waals surface area contributed by atoms with Crippen molar-refractivity contribution in [2.45, 2.75) is 67.2 Å². The Morgan fingerprint density at radius 3 is 1.13 bits per heavy atom. The van der Waals surface area contributed by atoms with Crippen LogP contribution in [0.15, 0.2) is 0 Å². The largest absolute Gasteiger partial charge is 0.518 e. The molecule has 0 rings (SSSR count). The summed E-state index contributed by atoms with van der Waals surface area (Å²) in [4.78, 5) is 43.3. The Kier molecular flexibility index (Phi) is 19.6. The summed E-state index contributed by atoms with van der Waals surface area (Å²) >= 11 is 0. The Labute approximate surface area is 178 Å². The van der Waals surface area contributed by atoms with Crippen LogP contribution in [0.5, 0.6) is 0 Å². The Morgan fingerprint density at radius 1 is 0.567 bits per heavy atom. The predicted molar refractivity (Wildman–Crippen MR) is 107 cm³/mol. The molecule has 0 aromatic rings. The van der Waals surface area contributed by atoms with Crippen molar-refractivity contribution < 1.29 is 47.6 Å². The van der Waals surface area contributed by atoms with E-state index < -0.39 is 24.6 Å². The molecule has 0 fully saturated rings. The van der Waals surface area contributed by atoms with Crippen LogP contribution in [0, 0.1) is 11.8 Å². The van der Waals surface area contributed by atoms with Crippen LogP contribution in [0.2, 0.25) is 0 Å². The molecule has 0 saturated heterocycles. The van der Waals surface area contributed by atoms with Gasteiger partial charge >= 0.3 is 24.6 Å². The van der Waals surface area contributed by atoms with E-state index in [4.69, 9.17) is 0 Å². The fourth-order valence-corrected chi connectivity index (χ4v) is 1.32. The second-order valence-electron chi connectivity index (χ2n) is 7.02. The van der Waals surface area contributed by atoms with Gasteiger partial charge in [-0.25, -0.2) is 19.2 Å². The zero-order valence-electron chi connectivity index (χ0n) is 18.9. The summed E-state index contributed by atoms with van der Waals surface area (Å²) in [5, 5.41) is 0. The molecule has 0 atom stereocenters. The summed E-state index contributed by atoms with van der Waals surface area (Å²) in [6.45, 7) is 12.4. The number of hydrogen-bond donors (Lipinski definition) is 0. The molecule has 0 aliphatic carbocycles. The second-order valence-corrected chi connectivity index (χ2v) is 7.02. The van der Waals surface area contributed by atoms with Crippen LogP contribution in [0.1, 0.15) is 67.2 Å². The van der Waals surface area contributed by atoms with Crippen LogP contribution in [-0.2, 0) is 28.4 Å². The van der Waals surface area contributed by atoms with Gasteiger partial charge in [0.25, 0.3) is 0 Å². The molecule has 176 valence electrons. The first kappa shape index (κ1) is 29.7. The van der Waals surface area contributed by atoms with Gasteiger partial charge in [-0.2, -0.15) is 0 Å². The molecule has 0 aliphatic heterocycles. The highest BCUT2D eigenvalue weighted by molar-refractivity contribution is 5.77. The van der Waals surface area contributed by atoms with E-state index in [1.807, 2.05) is 41.5 Å². The average Bonchev–Trinajstić information content (AvgIpc) is 2.65. The normalized spacial score (nSPS) is 9.87. The number of unbranched alkanes of at least 4 members (excludes halogenated alkanes) is 2. The molecule has 0 aromatic carbocycles. The molecule has 0 aliphatic rings. The van der Waals surface area contributed by atoms with Crippen LogP contribution in [0.3, 0.4) is 0 Å². The van der Waals surface area contributed by atoms with Gasteiger partial charge in [-0.05, 0) is 24.7 Å². The molecule has 30 heavy (non-hydrogen) atoms. The smallest absolute Gasteiger partial charge is 0.434 e. The van der Waals surface area contributed by atoms with Gasteiger partial charge in [0, 0.05) is 0 Å². The van der Waals surface area contributed by atoms with Gasteiger partial charge in [0.15, 0.2) is 0 Å². The van der Waals surface area contributed by atoms with E-state index in [0.717, 1.165) is 25.7 Å². The highest BCUT2D eigenvalue weighted by Crippen LogP contribution is 1.99. The van der Waals surface area contributed by atoms with E-state index >= 15 is 0 Å². The van der Waals surface area contributed by atoms with Gasteiger partial charge in [0.2, 0.25) is 0 Å². The van der Waals surface area contributed by atoms with Gasteiger partial charge in [0.05, 0.1) is 26.4 Å². The molecule has 10 nitrogen and oxygen atoms in total. The first-order valence-electron chi connectivity index (χ1n) is 10.1. The third-order valence-electron chi connectivity index (χ3n) is 2.84. The number of ether oxygens (including phenoxy) is 6. The van der Waals surface area contributed by atoms with Crippen molar-refractivity contribution in [1.29, 1.82) is 0 Å². The minimum absolute atomic E-state index is 0.198. The van der Waals surface area contributed by atoms with Gasteiger partial charge in [-0.3, -0.25) is 0 Å². The minimum atomic E-state index is -1.02. The van der Waals surface area contributed by atoms with E-state index in [1.54, 1.807) is 0 Å². The van der Waals surface area contributed by atoms with E-state index in [0.29, 0.717) is 0 Å². The summed E-state index contributed by atoms with van der Waals surface area (Å²) in [6, 6.07) is 0. The van der Waals surface area contributed by atoms with Gasteiger partial charge in [0.1, 0.15) is 0 Å². The highest BCUT2D eigenvalue weighted by atomic mass is 16.8. The van der Waals surface area contributed by atoms with Crippen molar-refractivity contribution in [3.05, 3.63) is 0 Å². The monoisotopic (exact) mass is 436 g/mol. The van der Waals surface area contributed by atoms with E-state index in [2.05, 4.69) is 28.4 Å². The topological polar surface area (TPSA) is 124 Å². The molecule has 10 heteroatoms. The molecule has 0 aromatic heterocycles. The second kappa shape index (κ2) is 19.8. The highest BCUT2D eigenvalue weighted by Gasteiger charge is 2.14. The van der Waals surface area contributed by atoms with Crippen LogP contribution >= 0.6 is 0 Å². The predicted octanol–water partition coefficient (Wildman–Crippen LogP) is 5.46. The third-order valence-corrected chi connectivity index (χ3v) is 2.84. The Morgan fingerprint density at radius 2 is 0.867 bits per heavy atom. The van der Waals surface area contributed by atoms with Crippen LogP contribution in [0.4, 0.5) is 19.2 Å². The first-order valence-corrected chi connectivity index (χ1v) is 10.1. The summed E-state index contributed by atoms with van der Waals surface area (Å²) in [7, 11) is 0. The Bertz CT molecular complexity index is 446. The minimum Gasteiger partial charge on any atom is -0.434 e. The van der Waals surface area contributed by atoms with Crippen molar-refractivity contribution in [2.24, 2.45) is 11.8 Å². The van der Waals surface area contributed by atoms with E-state index in [1.165, 1.54) is 0 Å². The Hall–Kier alpha value is -2.52. The molecule has 0 bridgehead atoms. The summed E-state index contributed by atoms with van der Waals surface area (Å²) < 4.78 is 26.9. The van der Waals surface area contributed by atoms with Crippen LogP contribution in [0.25, 0.3) is 0 Å². The summed E-state index contributed by atoms with van der Waals surface area (Å²) in [6.07, 6.45) is -0.701. The molecule has 0 N–H and O–H groups in total. The van der Waals surface area contributed by atoms with Crippen molar-refractivity contribution in [1.82, 2.24) is 0 Å². The molecule has 0 amide bonds. The van der Waals surface area contributed by atoms with Crippen LogP contribution < -0.4 is 0 Å². The van der Waals surface area contributed by atoms with E-state index in [9.17, 15) is 19.2 Å². The molecular weight excluding hydrogens is 400 g/mol. The fourth-order valence-electron chi connectivity index (χ4n) is 1.32. The quantitative estimate of drug-likeness (QED) is 0.188. The third kappa shape index (κ3) is 23.5. The number of carbonyl (C=O) groups is 4. The fraction of sp³-hybridized carbons (Fsp3) is 0.800. The van der Waals surface area contributed by atoms with Crippen molar-refractivity contribution in [3.63, 3.8) is 0 Å². The van der Waals surface area contributed by atoms with Crippen molar-refractivity contribution >= 4 is 24.6 Å². The van der Waals surface area contributed by atoms with Crippen LogP contribution in [-0.4, -0.2) is 51.0 Å². The maximum Gasteiger partial charge on any atom is 0.518 e. The number of rotatable bonds is 10. The van der Waals surface area contributed by atoms with E-state index in [-0.39, 0.29) is 38.3 Å². The molecular formula is C20H36O10. The zero-order valence-corrected chi connectivity index (χ0v) is 18.9. The summed E-state index contributed by atoms with van der Waals surface area (Å²) in [5.41, 5.74) is 0. The van der Waals surface area contributed by atoms with Gasteiger partial charge in [-0.15, -0.1) is 0 Å². The lowest BCUT2D eigenvalue weighted by Crippen LogP contribution is -2.18. The molecule has 0 spiro atoms. The SMILES string of the molecule is CC(C)COC(=O)OC(=O)OCC(C)C.CCCCOC(=O)OC(=O)OCCCC. The average molecular weight is 436 g/mol. The Balaban J connectivity index is 0. The molecule has 0 heterocycles. The van der Waals surface area contributed by atoms with Crippen molar-refractivity contribution in [2.75, 3.05) is 26.4 Å². The maximum absolute atomic E-state index is 10.9.